The second-order valence-corrected chi connectivity index (χ2v) is 4.72. The van der Waals surface area contributed by atoms with E-state index in [1.807, 2.05) is 30.3 Å². The van der Waals surface area contributed by atoms with Crippen LogP contribution in [-0.2, 0) is 4.79 Å². The summed E-state index contributed by atoms with van der Waals surface area (Å²) in [5, 5.41) is 4.30. The molecular weight excluding hydrogens is 283 g/mol. The third-order valence-corrected chi connectivity index (χ3v) is 3.08. The van der Waals surface area contributed by atoms with Crippen molar-refractivity contribution in [3.05, 3.63) is 66.5 Å². The van der Waals surface area contributed by atoms with Crippen LogP contribution in [0.2, 0.25) is 0 Å². The molecule has 0 spiro atoms. The van der Waals surface area contributed by atoms with Crippen LogP contribution in [0.15, 0.2) is 60.7 Å². The van der Waals surface area contributed by atoms with Crippen molar-refractivity contribution in [3.63, 3.8) is 0 Å². The molecule has 0 saturated carbocycles. The number of aromatic nitrogens is 2. The molecule has 110 valence electrons. The van der Waals surface area contributed by atoms with Crippen molar-refractivity contribution < 1.29 is 13.9 Å². The molecule has 0 unspecified atom stereocenters. The maximum atomic E-state index is 13.1. The summed E-state index contributed by atoms with van der Waals surface area (Å²) in [6, 6.07) is 17.2. The standard InChI is InChI=1S/C17H13FN2O2/c1-12(21)22-17-11-16(13-7-9-14(18)10-8-13)20(19-17)15-5-3-2-4-6-15/h2-11H,1H3. The van der Waals surface area contributed by atoms with Gasteiger partial charge in [-0.3, -0.25) is 4.79 Å². The highest BCUT2D eigenvalue weighted by molar-refractivity contribution is 5.70. The van der Waals surface area contributed by atoms with E-state index in [0.717, 1.165) is 11.3 Å². The zero-order valence-electron chi connectivity index (χ0n) is 11.9. The number of hydrogen-bond donors (Lipinski definition) is 0. The van der Waals surface area contributed by atoms with Gasteiger partial charge in [0.05, 0.1) is 11.4 Å². The van der Waals surface area contributed by atoms with Gasteiger partial charge in [-0.15, -0.1) is 5.10 Å². The Bertz CT molecular complexity index is 795. The van der Waals surface area contributed by atoms with E-state index in [0.29, 0.717) is 5.69 Å². The van der Waals surface area contributed by atoms with E-state index < -0.39 is 5.97 Å². The minimum atomic E-state index is -0.441. The van der Waals surface area contributed by atoms with Crippen LogP contribution in [0.3, 0.4) is 0 Å². The van der Waals surface area contributed by atoms with Gasteiger partial charge in [-0.2, -0.15) is 0 Å². The molecule has 0 N–H and O–H groups in total. The Morgan fingerprint density at radius 3 is 2.41 bits per heavy atom. The van der Waals surface area contributed by atoms with E-state index >= 15 is 0 Å². The number of esters is 1. The van der Waals surface area contributed by atoms with Crippen LogP contribution in [0.1, 0.15) is 6.92 Å². The van der Waals surface area contributed by atoms with E-state index in [9.17, 15) is 9.18 Å². The Morgan fingerprint density at radius 1 is 1.09 bits per heavy atom. The first-order chi connectivity index (χ1) is 10.6. The van der Waals surface area contributed by atoms with E-state index in [-0.39, 0.29) is 11.7 Å². The molecule has 5 heteroatoms. The average Bonchev–Trinajstić information content (AvgIpc) is 2.92. The van der Waals surface area contributed by atoms with E-state index in [1.54, 1.807) is 22.9 Å². The fourth-order valence-electron chi connectivity index (χ4n) is 2.15. The molecule has 0 aliphatic carbocycles. The highest BCUT2D eigenvalue weighted by Gasteiger charge is 2.13. The third-order valence-electron chi connectivity index (χ3n) is 3.08. The third kappa shape index (κ3) is 2.88. The lowest BCUT2D eigenvalue weighted by molar-refractivity contribution is -0.132. The molecule has 1 heterocycles. The monoisotopic (exact) mass is 296 g/mol. The lowest BCUT2D eigenvalue weighted by atomic mass is 10.1. The van der Waals surface area contributed by atoms with Gasteiger partial charge < -0.3 is 4.74 Å². The quantitative estimate of drug-likeness (QED) is 0.694. The molecule has 2 aromatic carbocycles. The van der Waals surface area contributed by atoms with Gasteiger partial charge in [0.2, 0.25) is 5.88 Å². The Balaban J connectivity index is 2.12. The van der Waals surface area contributed by atoms with Crippen LogP contribution >= 0.6 is 0 Å². The summed E-state index contributed by atoms with van der Waals surface area (Å²) in [7, 11) is 0. The minimum absolute atomic E-state index is 0.204. The number of halogens is 1. The minimum Gasteiger partial charge on any atom is -0.406 e. The Labute approximate surface area is 126 Å². The normalized spacial score (nSPS) is 10.5. The Morgan fingerprint density at radius 2 is 1.77 bits per heavy atom. The van der Waals surface area contributed by atoms with Crippen molar-refractivity contribution in [1.29, 1.82) is 0 Å². The number of carbonyl (C=O) groups is 1. The predicted molar refractivity (Wildman–Crippen MR) is 80.3 cm³/mol. The molecule has 0 atom stereocenters. The topological polar surface area (TPSA) is 44.1 Å². The lowest BCUT2D eigenvalue weighted by Crippen LogP contribution is -2.03. The maximum Gasteiger partial charge on any atom is 0.309 e. The second kappa shape index (κ2) is 5.81. The number of rotatable bonds is 3. The van der Waals surface area contributed by atoms with Gasteiger partial charge in [-0.25, -0.2) is 9.07 Å². The number of benzene rings is 2. The van der Waals surface area contributed by atoms with Gasteiger partial charge >= 0.3 is 5.97 Å². The molecule has 1 aromatic heterocycles. The van der Waals surface area contributed by atoms with Crippen molar-refractivity contribution in [2.45, 2.75) is 6.92 Å². The molecular formula is C17H13FN2O2. The Hall–Kier alpha value is -2.95. The molecule has 4 nitrogen and oxygen atoms in total. The number of carbonyl (C=O) groups excluding carboxylic acids is 1. The zero-order valence-corrected chi connectivity index (χ0v) is 11.9. The van der Waals surface area contributed by atoms with Crippen LogP contribution in [0.25, 0.3) is 16.9 Å². The summed E-state index contributed by atoms with van der Waals surface area (Å²) in [5.74, 6) is -0.547. The maximum absolute atomic E-state index is 13.1. The van der Waals surface area contributed by atoms with Gasteiger partial charge in [0.15, 0.2) is 0 Å². The first-order valence-corrected chi connectivity index (χ1v) is 6.73. The highest BCUT2D eigenvalue weighted by atomic mass is 19.1. The lowest BCUT2D eigenvalue weighted by Gasteiger charge is -2.06. The number of ether oxygens (including phenoxy) is 1. The van der Waals surface area contributed by atoms with Gasteiger partial charge in [-0.1, -0.05) is 18.2 Å². The summed E-state index contributed by atoms with van der Waals surface area (Å²) in [6.45, 7) is 1.32. The molecule has 0 aliphatic rings. The predicted octanol–water partition coefficient (Wildman–Crippen LogP) is 3.60. The molecule has 3 aromatic rings. The van der Waals surface area contributed by atoms with Crippen LogP contribution in [0.4, 0.5) is 4.39 Å². The fourth-order valence-corrected chi connectivity index (χ4v) is 2.15. The fraction of sp³-hybridized carbons (Fsp3) is 0.0588. The molecule has 22 heavy (non-hydrogen) atoms. The van der Waals surface area contributed by atoms with E-state index in [2.05, 4.69) is 5.10 Å². The number of hydrogen-bond acceptors (Lipinski definition) is 3. The molecule has 0 radical (unpaired) electrons. The molecule has 0 saturated heterocycles. The highest BCUT2D eigenvalue weighted by Crippen LogP contribution is 2.27. The van der Waals surface area contributed by atoms with Crippen molar-refractivity contribution in [2.24, 2.45) is 0 Å². The van der Waals surface area contributed by atoms with Crippen LogP contribution < -0.4 is 4.74 Å². The first-order valence-electron chi connectivity index (χ1n) is 6.73. The molecule has 3 rings (SSSR count). The van der Waals surface area contributed by atoms with Gasteiger partial charge in [0.1, 0.15) is 5.82 Å². The SMILES string of the molecule is CC(=O)Oc1cc(-c2ccc(F)cc2)n(-c2ccccc2)n1. The molecule has 0 fully saturated rings. The summed E-state index contributed by atoms with van der Waals surface area (Å²) in [6.07, 6.45) is 0. The largest absolute Gasteiger partial charge is 0.406 e. The molecule has 0 bridgehead atoms. The second-order valence-electron chi connectivity index (χ2n) is 4.72. The number of para-hydroxylation sites is 1. The van der Waals surface area contributed by atoms with Crippen molar-refractivity contribution in [3.8, 4) is 22.8 Å². The number of nitrogens with zero attached hydrogens (tertiary/aromatic N) is 2. The van der Waals surface area contributed by atoms with Crippen LogP contribution in [0.5, 0.6) is 5.88 Å². The van der Waals surface area contributed by atoms with Crippen molar-refractivity contribution in [1.82, 2.24) is 9.78 Å². The van der Waals surface area contributed by atoms with Gasteiger partial charge in [-0.05, 0) is 36.4 Å². The van der Waals surface area contributed by atoms with Gasteiger partial charge in [0, 0.05) is 18.6 Å². The zero-order chi connectivity index (χ0) is 15.5. The van der Waals surface area contributed by atoms with Gasteiger partial charge in [0.25, 0.3) is 0 Å². The average molecular weight is 296 g/mol. The van der Waals surface area contributed by atoms with E-state index in [1.165, 1.54) is 19.1 Å². The summed E-state index contributed by atoms with van der Waals surface area (Å²) in [5.41, 5.74) is 2.30. The van der Waals surface area contributed by atoms with Crippen LogP contribution in [0, 0.1) is 5.82 Å². The first kappa shape index (κ1) is 14.0. The van der Waals surface area contributed by atoms with E-state index in [4.69, 9.17) is 4.74 Å². The Kier molecular flexibility index (Phi) is 3.70. The summed E-state index contributed by atoms with van der Waals surface area (Å²) < 4.78 is 19.8. The summed E-state index contributed by atoms with van der Waals surface area (Å²) in [4.78, 5) is 11.1. The van der Waals surface area contributed by atoms with Crippen LogP contribution in [-0.4, -0.2) is 15.7 Å². The smallest absolute Gasteiger partial charge is 0.309 e. The van der Waals surface area contributed by atoms with Crippen molar-refractivity contribution in [2.75, 3.05) is 0 Å². The molecule has 0 aliphatic heterocycles. The van der Waals surface area contributed by atoms with Crippen molar-refractivity contribution >= 4 is 5.97 Å². The molecule has 0 amide bonds. The summed E-state index contributed by atoms with van der Waals surface area (Å²) >= 11 is 0.